The molecule has 3 heteroatoms. The van der Waals surface area contributed by atoms with Gasteiger partial charge in [0.25, 0.3) is 0 Å². The lowest BCUT2D eigenvalue weighted by Crippen LogP contribution is -2.02. The molecule has 2 rings (SSSR count). The maximum Gasteiger partial charge on any atom is 0.123 e. The summed E-state index contributed by atoms with van der Waals surface area (Å²) in [4.78, 5) is 4.00. The molecule has 0 aliphatic carbocycles. The van der Waals surface area contributed by atoms with Gasteiger partial charge in [0.1, 0.15) is 12.4 Å². The number of nitrogens with two attached hydrogens (primary N) is 1. The van der Waals surface area contributed by atoms with Gasteiger partial charge in [0.15, 0.2) is 0 Å². The van der Waals surface area contributed by atoms with Gasteiger partial charge in [0.2, 0.25) is 0 Å². The van der Waals surface area contributed by atoms with Crippen LogP contribution in [0.5, 0.6) is 5.75 Å². The molecule has 0 saturated carbocycles. The van der Waals surface area contributed by atoms with Crippen molar-refractivity contribution < 1.29 is 4.74 Å². The van der Waals surface area contributed by atoms with Crippen molar-refractivity contribution >= 4 is 5.69 Å². The minimum Gasteiger partial charge on any atom is -0.489 e. The number of rotatable bonds is 4. The molecule has 0 aliphatic rings. The predicted octanol–water partition coefficient (Wildman–Crippen LogP) is 3.67. The van der Waals surface area contributed by atoms with Crippen LogP contribution >= 0.6 is 0 Å². The van der Waals surface area contributed by atoms with Crippen molar-refractivity contribution in [3.63, 3.8) is 0 Å². The van der Waals surface area contributed by atoms with E-state index < -0.39 is 0 Å². The monoisotopic (exact) mass is 256 g/mol. The minimum atomic E-state index is 0.385. The highest BCUT2D eigenvalue weighted by Crippen LogP contribution is 2.31. The summed E-state index contributed by atoms with van der Waals surface area (Å²) in [6, 6.07) is 7.95. The van der Waals surface area contributed by atoms with Crippen LogP contribution in [0.2, 0.25) is 0 Å². The van der Waals surface area contributed by atoms with Gasteiger partial charge < -0.3 is 10.5 Å². The topological polar surface area (TPSA) is 48.1 Å². The zero-order chi connectivity index (χ0) is 13.8. The van der Waals surface area contributed by atoms with E-state index in [0.717, 1.165) is 28.1 Å². The first-order chi connectivity index (χ1) is 9.08. The van der Waals surface area contributed by atoms with Gasteiger partial charge in [0, 0.05) is 18.1 Å². The molecule has 2 N–H and O–H groups in total. The molecule has 2 aromatic rings. The first kappa shape index (κ1) is 13.4. The van der Waals surface area contributed by atoms with E-state index in [4.69, 9.17) is 10.5 Å². The van der Waals surface area contributed by atoms with Gasteiger partial charge in [-0.15, -0.1) is 0 Å². The van der Waals surface area contributed by atoms with Crippen LogP contribution in [0, 0.1) is 6.92 Å². The van der Waals surface area contributed by atoms with Gasteiger partial charge >= 0.3 is 0 Å². The smallest absolute Gasteiger partial charge is 0.123 e. The largest absolute Gasteiger partial charge is 0.489 e. The molecule has 0 amide bonds. The Hall–Kier alpha value is -2.03. The van der Waals surface area contributed by atoms with Gasteiger partial charge in [-0.2, -0.15) is 0 Å². The Bertz CT molecular complexity index is 550. The zero-order valence-corrected chi connectivity index (χ0v) is 11.7. The molecule has 0 unspecified atom stereocenters. The highest BCUT2D eigenvalue weighted by molar-refractivity contribution is 5.55. The lowest BCUT2D eigenvalue weighted by atomic mass is 9.99. The summed E-state index contributed by atoms with van der Waals surface area (Å²) < 4.78 is 5.94. The van der Waals surface area contributed by atoms with Crippen LogP contribution in [-0.4, -0.2) is 4.98 Å². The number of ether oxygens (including phenoxy) is 1. The molecule has 1 aromatic carbocycles. The standard InChI is InChI=1S/C16H20N2O/c1-11(2)14-9-15(17)12(3)8-16(14)19-10-13-4-6-18-7-5-13/h4-9,11H,10,17H2,1-3H3. The number of hydrogen-bond donors (Lipinski definition) is 1. The molecule has 0 radical (unpaired) electrons. The Morgan fingerprint density at radius 2 is 1.89 bits per heavy atom. The summed E-state index contributed by atoms with van der Waals surface area (Å²) in [5.41, 5.74) is 10.1. The van der Waals surface area contributed by atoms with Crippen LogP contribution < -0.4 is 10.5 Å². The van der Waals surface area contributed by atoms with E-state index in [1.807, 2.05) is 31.2 Å². The maximum absolute atomic E-state index is 5.97. The van der Waals surface area contributed by atoms with Crippen molar-refractivity contribution in [2.75, 3.05) is 5.73 Å². The highest BCUT2D eigenvalue weighted by Gasteiger charge is 2.10. The number of pyridine rings is 1. The Kier molecular flexibility index (Phi) is 4.05. The van der Waals surface area contributed by atoms with E-state index in [0.29, 0.717) is 12.5 Å². The summed E-state index contributed by atoms with van der Waals surface area (Å²) in [5.74, 6) is 1.30. The Balaban J connectivity index is 2.22. The normalized spacial score (nSPS) is 10.7. The number of nitrogens with zero attached hydrogens (tertiary/aromatic N) is 1. The molecule has 0 atom stereocenters. The van der Waals surface area contributed by atoms with Crippen molar-refractivity contribution in [2.24, 2.45) is 0 Å². The van der Waals surface area contributed by atoms with E-state index in [-0.39, 0.29) is 0 Å². The molecule has 0 saturated heterocycles. The number of aromatic nitrogens is 1. The van der Waals surface area contributed by atoms with Crippen LogP contribution in [-0.2, 0) is 6.61 Å². The lowest BCUT2D eigenvalue weighted by molar-refractivity contribution is 0.301. The van der Waals surface area contributed by atoms with Crippen LogP contribution in [0.3, 0.4) is 0 Å². The van der Waals surface area contributed by atoms with E-state index in [2.05, 4.69) is 18.8 Å². The third-order valence-electron chi connectivity index (χ3n) is 3.16. The fourth-order valence-electron chi connectivity index (χ4n) is 1.93. The van der Waals surface area contributed by atoms with Crippen LogP contribution in [0.25, 0.3) is 0 Å². The SMILES string of the molecule is Cc1cc(OCc2ccncc2)c(C(C)C)cc1N. The quantitative estimate of drug-likeness (QED) is 0.849. The Labute approximate surface area is 114 Å². The highest BCUT2D eigenvalue weighted by atomic mass is 16.5. The third-order valence-corrected chi connectivity index (χ3v) is 3.16. The molecular formula is C16H20N2O. The molecule has 3 nitrogen and oxygen atoms in total. The van der Waals surface area contributed by atoms with Crippen LogP contribution in [0.4, 0.5) is 5.69 Å². The fraction of sp³-hybridized carbons (Fsp3) is 0.312. The second-order valence-corrected chi connectivity index (χ2v) is 5.05. The molecule has 1 aromatic heterocycles. The summed E-state index contributed by atoms with van der Waals surface area (Å²) in [6.07, 6.45) is 3.55. The first-order valence-electron chi connectivity index (χ1n) is 6.49. The van der Waals surface area contributed by atoms with Gasteiger partial charge in [-0.3, -0.25) is 4.98 Å². The average Bonchev–Trinajstić information content (AvgIpc) is 2.40. The molecule has 0 spiro atoms. The number of nitrogen functional groups attached to an aromatic ring is 1. The maximum atomic E-state index is 5.97. The van der Waals surface area contributed by atoms with Gasteiger partial charge in [-0.25, -0.2) is 0 Å². The van der Waals surface area contributed by atoms with Crippen molar-refractivity contribution in [2.45, 2.75) is 33.3 Å². The van der Waals surface area contributed by atoms with Gasteiger partial charge in [0.05, 0.1) is 0 Å². The summed E-state index contributed by atoms with van der Waals surface area (Å²) in [5, 5.41) is 0. The molecular weight excluding hydrogens is 236 g/mol. The second-order valence-electron chi connectivity index (χ2n) is 5.05. The van der Waals surface area contributed by atoms with Crippen molar-refractivity contribution in [3.8, 4) is 5.75 Å². The van der Waals surface area contributed by atoms with E-state index >= 15 is 0 Å². The number of benzene rings is 1. The van der Waals surface area contributed by atoms with Crippen molar-refractivity contribution in [1.29, 1.82) is 0 Å². The van der Waals surface area contributed by atoms with Crippen molar-refractivity contribution in [3.05, 3.63) is 53.3 Å². The fourth-order valence-corrected chi connectivity index (χ4v) is 1.93. The second kappa shape index (κ2) is 5.74. The molecule has 0 fully saturated rings. The van der Waals surface area contributed by atoms with Crippen LogP contribution in [0.1, 0.15) is 36.5 Å². The Morgan fingerprint density at radius 1 is 1.21 bits per heavy atom. The van der Waals surface area contributed by atoms with Crippen LogP contribution in [0.15, 0.2) is 36.7 Å². The zero-order valence-electron chi connectivity index (χ0n) is 11.7. The van der Waals surface area contributed by atoms with E-state index in [1.165, 1.54) is 0 Å². The third kappa shape index (κ3) is 3.25. The molecule has 1 heterocycles. The minimum absolute atomic E-state index is 0.385. The molecule has 0 bridgehead atoms. The van der Waals surface area contributed by atoms with E-state index in [1.54, 1.807) is 12.4 Å². The molecule has 100 valence electrons. The number of anilines is 1. The van der Waals surface area contributed by atoms with Gasteiger partial charge in [-0.05, 0) is 53.8 Å². The number of aryl methyl sites for hydroxylation is 1. The lowest BCUT2D eigenvalue weighted by Gasteiger charge is -2.16. The van der Waals surface area contributed by atoms with Gasteiger partial charge in [-0.1, -0.05) is 13.8 Å². The Morgan fingerprint density at radius 3 is 2.53 bits per heavy atom. The van der Waals surface area contributed by atoms with Crippen molar-refractivity contribution in [1.82, 2.24) is 4.98 Å². The summed E-state index contributed by atoms with van der Waals surface area (Å²) >= 11 is 0. The number of hydrogen-bond acceptors (Lipinski definition) is 3. The summed E-state index contributed by atoms with van der Waals surface area (Å²) in [6.45, 7) is 6.83. The first-order valence-corrected chi connectivity index (χ1v) is 6.49. The molecule has 0 aliphatic heterocycles. The van der Waals surface area contributed by atoms with E-state index in [9.17, 15) is 0 Å². The molecule has 19 heavy (non-hydrogen) atoms. The summed E-state index contributed by atoms with van der Waals surface area (Å²) in [7, 11) is 0. The average molecular weight is 256 g/mol. The predicted molar refractivity (Wildman–Crippen MR) is 78.2 cm³/mol.